The standard InChI is InChI=1S/C25H27BN6O3S/c26-20-16-29-32-24(13-21(30-25(20)32)19-6-2-3-7-22(19)33)28-15-17-9-11-31(12-10-17)36(34,35)23-8-4-1-5-18(23)14-27/h1-2,4-6,8,13,16-17,28,33H,3,7,9-12,15,26H2. The number of piperidine rings is 1. The third-order valence-corrected chi connectivity index (χ3v) is 8.79. The molecule has 3 aromatic rings. The van der Waals surface area contributed by atoms with Crippen LogP contribution in [-0.4, -0.2) is 59.9 Å². The van der Waals surface area contributed by atoms with Gasteiger partial charge in [-0.05, 0) is 42.8 Å². The summed E-state index contributed by atoms with van der Waals surface area (Å²) < 4.78 is 29.5. The lowest BCUT2D eigenvalue weighted by molar-refractivity contribution is 0.282. The summed E-state index contributed by atoms with van der Waals surface area (Å²) in [6.07, 6.45) is 8.53. The van der Waals surface area contributed by atoms with Crippen molar-refractivity contribution in [2.75, 3.05) is 25.0 Å². The van der Waals surface area contributed by atoms with Gasteiger partial charge in [0.1, 0.15) is 25.5 Å². The Morgan fingerprint density at radius 3 is 2.78 bits per heavy atom. The van der Waals surface area contributed by atoms with E-state index in [1.54, 1.807) is 22.8 Å². The first-order chi connectivity index (χ1) is 17.4. The summed E-state index contributed by atoms with van der Waals surface area (Å²) in [6.45, 7) is 1.46. The van der Waals surface area contributed by atoms with Crippen molar-refractivity contribution in [3.8, 4) is 6.07 Å². The minimum absolute atomic E-state index is 0.0687. The predicted molar refractivity (Wildman–Crippen MR) is 140 cm³/mol. The van der Waals surface area contributed by atoms with E-state index in [1.807, 2.05) is 32.1 Å². The van der Waals surface area contributed by atoms with Gasteiger partial charge in [-0.3, -0.25) is 0 Å². The molecule has 36 heavy (non-hydrogen) atoms. The van der Waals surface area contributed by atoms with Crippen LogP contribution in [0.3, 0.4) is 0 Å². The molecule has 0 radical (unpaired) electrons. The van der Waals surface area contributed by atoms with Gasteiger partial charge in [0, 0.05) is 43.9 Å². The van der Waals surface area contributed by atoms with E-state index in [0.717, 1.165) is 28.9 Å². The van der Waals surface area contributed by atoms with E-state index in [9.17, 15) is 18.8 Å². The van der Waals surface area contributed by atoms with Crippen LogP contribution in [0.15, 0.2) is 59.3 Å². The van der Waals surface area contributed by atoms with Crippen LogP contribution < -0.4 is 10.8 Å². The lowest BCUT2D eigenvalue weighted by Gasteiger charge is -2.31. The molecule has 2 aliphatic rings. The van der Waals surface area contributed by atoms with Crippen molar-refractivity contribution in [1.82, 2.24) is 18.9 Å². The molecule has 0 amide bonds. The molecule has 2 aromatic heterocycles. The highest BCUT2D eigenvalue weighted by atomic mass is 32.2. The van der Waals surface area contributed by atoms with Crippen LogP contribution in [0.5, 0.6) is 0 Å². The third-order valence-electron chi connectivity index (χ3n) is 6.84. The molecular formula is C25H27BN6O3S. The number of nitriles is 1. The third kappa shape index (κ3) is 4.50. The molecule has 0 spiro atoms. The van der Waals surface area contributed by atoms with Gasteiger partial charge in [0.25, 0.3) is 0 Å². The lowest BCUT2D eigenvalue weighted by Crippen LogP contribution is -2.40. The largest absolute Gasteiger partial charge is 0.512 e. The van der Waals surface area contributed by atoms with Crippen LogP contribution in [0.1, 0.15) is 36.9 Å². The van der Waals surface area contributed by atoms with E-state index < -0.39 is 10.0 Å². The molecule has 5 rings (SSSR count). The van der Waals surface area contributed by atoms with Crippen LogP contribution in [0, 0.1) is 17.2 Å². The first-order valence-electron chi connectivity index (χ1n) is 12.1. The van der Waals surface area contributed by atoms with E-state index >= 15 is 0 Å². The minimum atomic E-state index is -3.71. The fraction of sp³-hybridized carbons (Fsp3) is 0.320. The molecule has 1 aromatic carbocycles. The molecule has 11 heteroatoms. The van der Waals surface area contributed by atoms with Crippen molar-refractivity contribution < 1.29 is 13.5 Å². The quantitative estimate of drug-likeness (QED) is 0.494. The van der Waals surface area contributed by atoms with Gasteiger partial charge >= 0.3 is 0 Å². The Kier molecular flexibility index (Phi) is 6.56. The maximum Gasteiger partial charge on any atom is 0.244 e. The number of sulfonamides is 1. The minimum Gasteiger partial charge on any atom is -0.512 e. The van der Waals surface area contributed by atoms with Gasteiger partial charge in [-0.2, -0.15) is 19.2 Å². The maximum absolute atomic E-state index is 13.1. The molecule has 0 atom stereocenters. The number of aromatic nitrogens is 3. The number of nitrogens with zero attached hydrogens (tertiary/aromatic N) is 5. The number of anilines is 1. The zero-order valence-electron chi connectivity index (χ0n) is 20.1. The average Bonchev–Trinajstić information content (AvgIpc) is 3.28. The van der Waals surface area contributed by atoms with E-state index in [1.165, 1.54) is 16.4 Å². The van der Waals surface area contributed by atoms with Crippen molar-refractivity contribution in [1.29, 1.82) is 5.26 Å². The molecule has 3 heterocycles. The summed E-state index contributed by atoms with van der Waals surface area (Å²) in [5.74, 6) is 1.39. The number of allylic oxidation sites excluding steroid dienone is 4. The number of rotatable bonds is 6. The molecule has 0 saturated carbocycles. The summed E-state index contributed by atoms with van der Waals surface area (Å²) in [4.78, 5) is 4.81. The van der Waals surface area contributed by atoms with Crippen molar-refractivity contribution in [2.24, 2.45) is 5.92 Å². The van der Waals surface area contributed by atoms with E-state index in [2.05, 4.69) is 10.4 Å². The second-order valence-corrected chi connectivity index (χ2v) is 11.1. The van der Waals surface area contributed by atoms with Gasteiger partial charge in [0.05, 0.1) is 16.2 Å². The normalized spacial score (nSPS) is 17.4. The summed E-state index contributed by atoms with van der Waals surface area (Å²) in [7, 11) is -1.76. The van der Waals surface area contributed by atoms with Crippen LogP contribution in [0.25, 0.3) is 11.2 Å². The highest BCUT2D eigenvalue weighted by Gasteiger charge is 2.31. The molecule has 0 unspecified atom stereocenters. The smallest absolute Gasteiger partial charge is 0.244 e. The maximum atomic E-state index is 13.1. The SMILES string of the molecule is Bc1cnn2c(NCC3CCN(S(=O)(=O)c4ccccc4C#N)CC3)cc(C3=C(O)CCC=C3)nc12. The highest BCUT2D eigenvalue weighted by Crippen LogP contribution is 2.28. The van der Waals surface area contributed by atoms with Gasteiger partial charge < -0.3 is 10.4 Å². The topological polar surface area (TPSA) is 124 Å². The number of nitrogens with one attached hydrogen (secondary N) is 1. The van der Waals surface area contributed by atoms with E-state index in [-0.39, 0.29) is 16.4 Å². The van der Waals surface area contributed by atoms with Crippen molar-refractivity contribution in [2.45, 2.75) is 30.6 Å². The number of hydrogen-bond donors (Lipinski definition) is 2. The van der Waals surface area contributed by atoms with Crippen molar-refractivity contribution in [3.63, 3.8) is 0 Å². The van der Waals surface area contributed by atoms with Gasteiger partial charge in [-0.25, -0.2) is 13.4 Å². The van der Waals surface area contributed by atoms with Gasteiger partial charge in [-0.15, -0.1) is 0 Å². The summed E-state index contributed by atoms with van der Waals surface area (Å²) in [5.41, 5.74) is 3.26. The zero-order valence-corrected chi connectivity index (χ0v) is 20.9. The molecule has 0 bridgehead atoms. The molecular weight excluding hydrogens is 475 g/mol. The summed E-state index contributed by atoms with van der Waals surface area (Å²) in [6, 6.07) is 10.2. The Balaban J connectivity index is 1.30. The Morgan fingerprint density at radius 1 is 1.25 bits per heavy atom. The van der Waals surface area contributed by atoms with Gasteiger partial charge in [0.2, 0.25) is 10.0 Å². The van der Waals surface area contributed by atoms with Crippen LogP contribution >= 0.6 is 0 Å². The first-order valence-corrected chi connectivity index (χ1v) is 13.5. The highest BCUT2D eigenvalue weighted by molar-refractivity contribution is 7.89. The Hall–Kier alpha value is -3.62. The lowest BCUT2D eigenvalue weighted by atomic mass is 9.98. The fourth-order valence-corrected chi connectivity index (χ4v) is 6.36. The monoisotopic (exact) mass is 502 g/mol. The average molecular weight is 502 g/mol. The molecule has 1 fully saturated rings. The van der Waals surface area contributed by atoms with Crippen molar-refractivity contribution >= 4 is 40.4 Å². The van der Waals surface area contributed by atoms with E-state index in [4.69, 9.17) is 4.98 Å². The number of hydrogen-bond acceptors (Lipinski definition) is 7. The van der Waals surface area contributed by atoms with E-state index in [0.29, 0.717) is 50.3 Å². The Morgan fingerprint density at radius 2 is 2.03 bits per heavy atom. The Labute approximate surface area is 211 Å². The van der Waals surface area contributed by atoms with Crippen LogP contribution in [0.4, 0.5) is 5.82 Å². The summed E-state index contributed by atoms with van der Waals surface area (Å²) in [5, 5.41) is 27.7. The predicted octanol–water partition coefficient (Wildman–Crippen LogP) is 1.99. The number of benzene rings is 1. The molecule has 2 N–H and O–H groups in total. The molecule has 1 aliphatic heterocycles. The fourth-order valence-electron chi connectivity index (χ4n) is 4.75. The Bertz CT molecular complexity index is 1510. The zero-order chi connectivity index (χ0) is 25.3. The molecule has 1 saturated heterocycles. The summed E-state index contributed by atoms with van der Waals surface area (Å²) >= 11 is 0. The van der Waals surface area contributed by atoms with Crippen LogP contribution in [0.2, 0.25) is 0 Å². The number of aliphatic hydroxyl groups is 1. The second kappa shape index (κ2) is 9.80. The molecule has 1 aliphatic carbocycles. The van der Waals surface area contributed by atoms with Crippen molar-refractivity contribution in [3.05, 3.63) is 65.7 Å². The number of aliphatic hydroxyl groups excluding tert-OH is 1. The molecule has 184 valence electrons. The second-order valence-electron chi connectivity index (χ2n) is 9.23. The van der Waals surface area contributed by atoms with Crippen LogP contribution in [-0.2, 0) is 10.0 Å². The first kappa shape index (κ1) is 24.1. The molecule has 9 nitrogen and oxygen atoms in total. The number of fused-ring (bicyclic) bond motifs is 1. The van der Waals surface area contributed by atoms with Gasteiger partial charge in [0.15, 0.2) is 5.65 Å². The van der Waals surface area contributed by atoms with Gasteiger partial charge in [-0.1, -0.05) is 24.3 Å².